The molecule has 0 bridgehead atoms. The number of hydrogen-bond donors (Lipinski definition) is 1. The van der Waals surface area contributed by atoms with Crippen LogP contribution in [0.5, 0.6) is 0 Å². The van der Waals surface area contributed by atoms with Gasteiger partial charge >= 0.3 is 6.18 Å². The summed E-state index contributed by atoms with van der Waals surface area (Å²) in [6.45, 7) is 3.96. The predicted molar refractivity (Wildman–Crippen MR) is 89.7 cm³/mol. The summed E-state index contributed by atoms with van der Waals surface area (Å²) >= 11 is 0. The van der Waals surface area contributed by atoms with E-state index in [1.54, 1.807) is 0 Å². The molecule has 2 aliphatic rings. The van der Waals surface area contributed by atoms with Crippen LogP contribution in [0.2, 0.25) is 0 Å². The summed E-state index contributed by atoms with van der Waals surface area (Å²) in [5.41, 5.74) is -1.36. The largest absolute Gasteiger partial charge is 0.418 e. The van der Waals surface area contributed by atoms with Gasteiger partial charge in [-0.25, -0.2) is 0 Å². The molecule has 1 amide bonds. The van der Waals surface area contributed by atoms with Crippen molar-refractivity contribution in [3.8, 4) is 0 Å². The third kappa shape index (κ3) is 4.73. The fraction of sp³-hybridized carbons (Fsp3) is 0.667. The first-order chi connectivity index (χ1) is 12.4. The number of likely N-dealkylation sites (tertiary alicyclic amines) is 1. The number of nitrogens with one attached hydrogen (secondary N) is 1. The van der Waals surface area contributed by atoms with Gasteiger partial charge in [-0.15, -0.1) is 0 Å². The highest BCUT2D eigenvalue weighted by molar-refractivity contribution is 5.95. The maximum absolute atomic E-state index is 13.0. The number of hydrogen-bond acceptors (Lipinski definition) is 4. The molecule has 0 atom stereocenters. The van der Waals surface area contributed by atoms with Crippen molar-refractivity contribution in [3.63, 3.8) is 0 Å². The van der Waals surface area contributed by atoms with E-state index >= 15 is 0 Å². The first kappa shape index (κ1) is 19.1. The smallest absolute Gasteiger partial charge is 0.381 e. The molecule has 0 unspecified atom stereocenters. The second-order valence-electron chi connectivity index (χ2n) is 6.95. The van der Waals surface area contributed by atoms with Gasteiger partial charge in [0.2, 0.25) is 0 Å². The third-order valence-corrected chi connectivity index (χ3v) is 5.28. The maximum atomic E-state index is 13.0. The SMILES string of the molecule is O=C(NCC1CCN(C2CCOCC2)CC1)c1ccncc1C(F)(F)F. The molecule has 144 valence electrons. The number of pyridine rings is 1. The molecule has 0 spiro atoms. The van der Waals surface area contributed by atoms with Crippen LogP contribution in [0.15, 0.2) is 18.5 Å². The number of amides is 1. The van der Waals surface area contributed by atoms with E-state index in [4.69, 9.17) is 4.74 Å². The zero-order chi connectivity index (χ0) is 18.6. The molecule has 2 saturated heterocycles. The minimum absolute atomic E-state index is 0.297. The van der Waals surface area contributed by atoms with Gasteiger partial charge in [-0.3, -0.25) is 9.78 Å². The van der Waals surface area contributed by atoms with E-state index in [-0.39, 0.29) is 5.56 Å². The van der Waals surface area contributed by atoms with Crippen LogP contribution in [0, 0.1) is 5.92 Å². The summed E-state index contributed by atoms with van der Waals surface area (Å²) in [4.78, 5) is 18.2. The average Bonchev–Trinajstić information content (AvgIpc) is 2.66. The Hall–Kier alpha value is -1.67. The lowest BCUT2D eigenvalue weighted by atomic mass is 9.94. The third-order valence-electron chi connectivity index (χ3n) is 5.28. The average molecular weight is 371 g/mol. The number of rotatable bonds is 4. The number of nitrogens with zero attached hydrogens (tertiary/aromatic N) is 2. The highest BCUT2D eigenvalue weighted by Crippen LogP contribution is 2.31. The summed E-state index contributed by atoms with van der Waals surface area (Å²) in [7, 11) is 0. The maximum Gasteiger partial charge on any atom is 0.418 e. The van der Waals surface area contributed by atoms with Gasteiger partial charge in [-0.1, -0.05) is 0 Å². The van der Waals surface area contributed by atoms with Crippen molar-refractivity contribution in [2.45, 2.75) is 37.9 Å². The van der Waals surface area contributed by atoms with Gasteiger partial charge in [-0.05, 0) is 50.8 Å². The Morgan fingerprint density at radius 1 is 1.23 bits per heavy atom. The van der Waals surface area contributed by atoms with E-state index in [1.807, 2.05) is 0 Å². The second kappa shape index (κ2) is 8.35. The first-order valence-corrected chi connectivity index (χ1v) is 9.06. The van der Waals surface area contributed by atoms with Crippen LogP contribution < -0.4 is 5.32 Å². The van der Waals surface area contributed by atoms with Gasteiger partial charge in [0, 0.05) is 38.2 Å². The van der Waals surface area contributed by atoms with Gasteiger partial charge in [0.1, 0.15) is 0 Å². The number of aromatic nitrogens is 1. The topological polar surface area (TPSA) is 54.5 Å². The quantitative estimate of drug-likeness (QED) is 0.884. The van der Waals surface area contributed by atoms with E-state index in [9.17, 15) is 18.0 Å². The Morgan fingerprint density at radius 3 is 2.58 bits per heavy atom. The molecule has 5 nitrogen and oxygen atoms in total. The molecule has 3 heterocycles. The van der Waals surface area contributed by atoms with Gasteiger partial charge < -0.3 is 15.0 Å². The van der Waals surface area contributed by atoms with Crippen LogP contribution in [0.3, 0.4) is 0 Å². The molecular weight excluding hydrogens is 347 g/mol. The molecule has 0 aromatic carbocycles. The predicted octanol–water partition coefficient (Wildman–Crippen LogP) is 2.72. The van der Waals surface area contributed by atoms with E-state index in [0.717, 1.165) is 58.1 Å². The minimum Gasteiger partial charge on any atom is -0.381 e. The summed E-state index contributed by atoms with van der Waals surface area (Å²) in [6, 6.07) is 1.69. The highest BCUT2D eigenvalue weighted by Gasteiger charge is 2.35. The number of alkyl halides is 3. The van der Waals surface area contributed by atoms with Gasteiger partial charge in [0.05, 0.1) is 11.1 Å². The van der Waals surface area contributed by atoms with Gasteiger partial charge in [0.25, 0.3) is 5.91 Å². The lowest BCUT2D eigenvalue weighted by molar-refractivity contribution is -0.138. The molecule has 0 saturated carbocycles. The molecule has 1 N–H and O–H groups in total. The fourth-order valence-corrected chi connectivity index (χ4v) is 3.72. The Labute approximate surface area is 150 Å². The lowest BCUT2D eigenvalue weighted by Crippen LogP contribution is -2.45. The van der Waals surface area contributed by atoms with E-state index in [1.165, 1.54) is 6.20 Å². The van der Waals surface area contributed by atoms with Crippen molar-refractivity contribution in [1.29, 1.82) is 0 Å². The van der Waals surface area contributed by atoms with Crippen molar-refractivity contribution in [2.24, 2.45) is 5.92 Å². The van der Waals surface area contributed by atoms with Crippen LogP contribution in [0.4, 0.5) is 13.2 Å². The second-order valence-corrected chi connectivity index (χ2v) is 6.95. The number of carbonyl (C=O) groups excluding carboxylic acids is 1. The molecular formula is C18H24F3N3O2. The zero-order valence-electron chi connectivity index (χ0n) is 14.6. The number of piperidine rings is 1. The van der Waals surface area contributed by atoms with Crippen molar-refractivity contribution in [2.75, 3.05) is 32.8 Å². The molecule has 0 aliphatic carbocycles. The standard InChI is InChI=1S/C18H24F3N3O2/c19-18(20,21)16-12-22-6-1-15(16)17(25)23-11-13-2-7-24(8-3-13)14-4-9-26-10-5-14/h1,6,12-14H,2-5,7-11H2,(H,23,25). The van der Waals surface area contributed by atoms with Crippen LogP contribution >= 0.6 is 0 Å². The molecule has 3 rings (SSSR count). The first-order valence-electron chi connectivity index (χ1n) is 9.06. The molecule has 2 aliphatic heterocycles. The normalized spacial score (nSPS) is 20.9. The van der Waals surface area contributed by atoms with Crippen LogP contribution in [-0.2, 0) is 10.9 Å². The lowest BCUT2D eigenvalue weighted by Gasteiger charge is -2.39. The van der Waals surface area contributed by atoms with Crippen LogP contribution in [0.1, 0.15) is 41.6 Å². The summed E-state index contributed by atoms with van der Waals surface area (Å²) in [6.07, 6.45) is 1.32. The molecule has 26 heavy (non-hydrogen) atoms. The highest BCUT2D eigenvalue weighted by atomic mass is 19.4. The van der Waals surface area contributed by atoms with Crippen molar-refractivity contribution >= 4 is 5.91 Å². The van der Waals surface area contributed by atoms with E-state index in [0.29, 0.717) is 24.7 Å². The minimum atomic E-state index is -4.59. The summed E-state index contributed by atoms with van der Waals surface area (Å²) in [5.74, 6) is -0.391. The summed E-state index contributed by atoms with van der Waals surface area (Å²) in [5, 5.41) is 2.67. The Morgan fingerprint density at radius 2 is 1.92 bits per heavy atom. The zero-order valence-corrected chi connectivity index (χ0v) is 14.6. The van der Waals surface area contributed by atoms with Crippen molar-refractivity contribution < 1.29 is 22.7 Å². The molecule has 1 aromatic heterocycles. The Kier molecular flexibility index (Phi) is 6.13. The number of halogens is 3. The Bertz CT molecular complexity index is 610. The molecule has 1 aromatic rings. The van der Waals surface area contributed by atoms with Crippen LogP contribution in [0.25, 0.3) is 0 Å². The Balaban J connectivity index is 1.49. The molecule has 0 radical (unpaired) electrons. The van der Waals surface area contributed by atoms with Crippen molar-refractivity contribution in [3.05, 3.63) is 29.6 Å². The van der Waals surface area contributed by atoms with Gasteiger partial charge in [-0.2, -0.15) is 13.2 Å². The number of carbonyl (C=O) groups is 1. The van der Waals surface area contributed by atoms with Crippen molar-refractivity contribution in [1.82, 2.24) is 15.2 Å². The van der Waals surface area contributed by atoms with E-state index < -0.39 is 17.6 Å². The van der Waals surface area contributed by atoms with E-state index in [2.05, 4.69) is 15.2 Å². The molecule has 8 heteroatoms. The van der Waals surface area contributed by atoms with Gasteiger partial charge in [0.15, 0.2) is 0 Å². The summed E-state index contributed by atoms with van der Waals surface area (Å²) < 4.78 is 44.4. The number of ether oxygens (including phenoxy) is 1. The monoisotopic (exact) mass is 371 g/mol. The fourth-order valence-electron chi connectivity index (χ4n) is 3.72. The van der Waals surface area contributed by atoms with Crippen LogP contribution in [-0.4, -0.2) is 54.7 Å². The molecule has 2 fully saturated rings.